The van der Waals surface area contributed by atoms with E-state index in [2.05, 4.69) is 14.4 Å². The van der Waals surface area contributed by atoms with Crippen molar-refractivity contribution < 1.29 is 12.9 Å². The molecule has 0 aliphatic carbocycles. The fourth-order valence-corrected chi connectivity index (χ4v) is 2.31. The van der Waals surface area contributed by atoms with Crippen molar-refractivity contribution in [3.05, 3.63) is 42.3 Å². The number of rotatable bonds is 3. The number of hydrogen-bond donors (Lipinski definition) is 1. The number of aryl methyl sites for hydroxylation is 1. The number of sulfonamides is 1. The highest BCUT2D eigenvalue weighted by Crippen LogP contribution is 2.17. The second-order valence-electron chi connectivity index (χ2n) is 3.23. The summed E-state index contributed by atoms with van der Waals surface area (Å²) in [6.45, 7) is 1.66. The molecule has 0 unspecified atom stereocenters. The van der Waals surface area contributed by atoms with Crippen molar-refractivity contribution in [3.8, 4) is 0 Å². The minimum atomic E-state index is -3.56. The van der Waals surface area contributed by atoms with E-state index < -0.39 is 10.0 Å². The zero-order valence-corrected chi connectivity index (χ0v) is 9.36. The van der Waals surface area contributed by atoms with Gasteiger partial charge in [0.05, 0.1) is 4.90 Å². The molecule has 0 bridgehead atoms. The van der Waals surface area contributed by atoms with Crippen LogP contribution in [0.5, 0.6) is 0 Å². The Hall–Kier alpha value is -1.82. The fraction of sp³-hybridized carbons (Fsp3) is 0.100. The summed E-state index contributed by atoms with van der Waals surface area (Å²) in [5, 5.41) is 3.59. The van der Waals surface area contributed by atoms with E-state index in [-0.39, 0.29) is 4.90 Å². The molecule has 0 fully saturated rings. The van der Waals surface area contributed by atoms with Gasteiger partial charge in [0.15, 0.2) is 0 Å². The molecule has 2 rings (SSSR count). The van der Waals surface area contributed by atoms with E-state index in [9.17, 15) is 8.42 Å². The Balaban J connectivity index is 2.32. The van der Waals surface area contributed by atoms with Gasteiger partial charge in [-0.25, -0.2) is 8.42 Å². The summed E-state index contributed by atoms with van der Waals surface area (Å²) >= 11 is 0. The first kappa shape index (κ1) is 10.7. The summed E-state index contributed by atoms with van der Waals surface area (Å²) in [4.78, 5) is 0.204. The van der Waals surface area contributed by atoms with Gasteiger partial charge in [-0.15, -0.1) is 0 Å². The predicted molar refractivity (Wildman–Crippen MR) is 58.5 cm³/mol. The number of aromatic nitrogens is 1. The van der Waals surface area contributed by atoms with Crippen LogP contribution in [0.1, 0.15) is 5.69 Å². The second kappa shape index (κ2) is 3.97. The minimum absolute atomic E-state index is 0.204. The summed E-state index contributed by atoms with van der Waals surface area (Å²) in [6, 6.07) is 8.12. The Bertz CT molecular complexity index is 575. The van der Waals surface area contributed by atoms with Crippen LogP contribution < -0.4 is 4.72 Å². The molecule has 0 saturated carbocycles. The summed E-state index contributed by atoms with van der Waals surface area (Å²) in [5.74, 6) is 0. The topological polar surface area (TPSA) is 72.2 Å². The van der Waals surface area contributed by atoms with Gasteiger partial charge >= 0.3 is 0 Å². The van der Waals surface area contributed by atoms with Crippen LogP contribution in [0.2, 0.25) is 0 Å². The molecular weight excluding hydrogens is 228 g/mol. The van der Waals surface area contributed by atoms with Crippen molar-refractivity contribution in [1.29, 1.82) is 0 Å². The predicted octanol–water partition coefficient (Wildman–Crippen LogP) is 1.78. The van der Waals surface area contributed by atoms with Gasteiger partial charge in [0.25, 0.3) is 10.0 Å². The standard InChI is InChI=1S/C10H10N2O3S/c1-8-10(7-15-11-8)12-16(13,14)9-5-3-2-4-6-9/h2-7,12H,1H3. The summed E-state index contributed by atoms with van der Waals surface area (Å²) < 4.78 is 30.8. The van der Waals surface area contributed by atoms with Crippen LogP contribution in [0.15, 0.2) is 46.0 Å². The zero-order chi connectivity index (χ0) is 11.6. The molecule has 0 aliphatic rings. The maximum absolute atomic E-state index is 11.9. The molecular formula is C10H10N2O3S. The van der Waals surface area contributed by atoms with E-state index in [0.717, 1.165) is 0 Å². The Kier molecular flexibility index (Phi) is 2.66. The third kappa shape index (κ3) is 2.06. The molecule has 0 spiro atoms. The van der Waals surface area contributed by atoms with Gasteiger partial charge in [-0.2, -0.15) is 0 Å². The van der Waals surface area contributed by atoms with Crippen LogP contribution in [0, 0.1) is 6.92 Å². The molecule has 1 N–H and O–H groups in total. The molecule has 6 heteroatoms. The van der Waals surface area contributed by atoms with E-state index in [1.807, 2.05) is 0 Å². The zero-order valence-electron chi connectivity index (χ0n) is 8.54. The summed E-state index contributed by atoms with van der Waals surface area (Å²) in [5.41, 5.74) is 0.850. The Morgan fingerprint density at radius 1 is 1.25 bits per heavy atom. The molecule has 84 valence electrons. The molecule has 1 aromatic heterocycles. The van der Waals surface area contributed by atoms with E-state index in [0.29, 0.717) is 11.4 Å². The van der Waals surface area contributed by atoms with Crippen molar-refractivity contribution in [2.75, 3.05) is 4.72 Å². The molecule has 1 aromatic carbocycles. The van der Waals surface area contributed by atoms with Crippen LogP contribution >= 0.6 is 0 Å². The van der Waals surface area contributed by atoms with E-state index in [4.69, 9.17) is 0 Å². The van der Waals surface area contributed by atoms with Crippen molar-refractivity contribution in [2.24, 2.45) is 0 Å². The van der Waals surface area contributed by atoms with Crippen LogP contribution in [-0.2, 0) is 10.0 Å². The molecule has 5 nitrogen and oxygen atoms in total. The molecule has 0 atom stereocenters. The Labute approximate surface area is 93.1 Å². The van der Waals surface area contributed by atoms with Gasteiger partial charge in [-0.05, 0) is 19.1 Å². The number of hydrogen-bond acceptors (Lipinski definition) is 4. The molecule has 0 radical (unpaired) electrons. The number of nitrogens with one attached hydrogen (secondary N) is 1. The van der Waals surface area contributed by atoms with Gasteiger partial charge in [-0.1, -0.05) is 23.4 Å². The van der Waals surface area contributed by atoms with Gasteiger partial charge in [0.2, 0.25) is 0 Å². The molecule has 0 aliphatic heterocycles. The van der Waals surface area contributed by atoms with Crippen molar-refractivity contribution in [3.63, 3.8) is 0 Å². The SMILES string of the molecule is Cc1nocc1NS(=O)(=O)c1ccccc1. The largest absolute Gasteiger partial charge is 0.362 e. The van der Waals surface area contributed by atoms with Crippen LogP contribution in [0.25, 0.3) is 0 Å². The minimum Gasteiger partial charge on any atom is -0.362 e. The lowest BCUT2D eigenvalue weighted by Gasteiger charge is -2.05. The number of benzene rings is 1. The maximum atomic E-state index is 11.9. The number of anilines is 1. The average Bonchev–Trinajstić information content (AvgIpc) is 2.65. The van der Waals surface area contributed by atoms with E-state index >= 15 is 0 Å². The van der Waals surface area contributed by atoms with Crippen molar-refractivity contribution >= 4 is 15.7 Å². The third-order valence-electron chi connectivity index (χ3n) is 2.05. The molecule has 0 saturated heterocycles. The lowest BCUT2D eigenvalue weighted by molar-refractivity contribution is 0.415. The third-order valence-corrected chi connectivity index (χ3v) is 3.43. The van der Waals surface area contributed by atoms with Crippen LogP contribution in [-0.4, -0.2) is 13.6 Å². The van der Waals surface area contributed by atoms with Gasteiger partial charge < -0.3 is 4.52 Å². The van der Waals surface area contributed by atoms with Crippen molar-refractivity contribution in [2.45, 2.75) is 11.8 Å². The molecule has 0 amide bonds. The highest BCUT2D eigenvalue weighted by atomic mass is 32.2. The summed E-state index contributed by atoms with van der Waals surface area (Å²) in [7, 11) is -3.56. The highest BCUT2D eigenvalue weighted by molar-refractivity contribution is 7.92. The van der Waals surface area contributed by atoms with E-state index in [1.165, 1.54) is 18.4 Å². The van der Waals surface area contributed by atoms with Gasteiger partial charge in [0.1, 0.15) is 17.6 Å². The van der Waals surface area contributed by atoms with Crippen LogP contribution in [0.4, 0.5) is 5.69 Å². The number of nitrogens with zero attached hydrogens (tertiary/aromatic N) is 1. The maximum Gasteiger partial charge on any atom is 0.262 e. The lowest BCUT2D eigenvalue weighted by atomic mass is 10.4. The normalized spacial score (nSPS) is 11.3. The Morgan fingerprint density at radius 3 is 2.50 bits per heavy atom. The van der Waals surface area contributed by atoms with Gasteiger partial charge in [0, 0.05) is 0 Å². The van der Waals surface area contributed by atoms with Gasteiger partial charge in [-0.3, -0.25) is 4.72 Å². The quantitative estimate of drug-likeness (QED) is 0.884. The van der Waals surface area contributed by atoms with Crippen LogP contribution in [0.3, 0.4) is 0 Å². The average molecular weight is 238 g/mol. The fourth-order valence-electron chi connectivity index (χ4n) is 1.19. The molecule has 16 heavy (non-hydrogen) atoms. The highest BCUT2D eigenvalue weighted by Gasteiger charge is 2.15. The molecule has 1 heterocycles. The van der Waals surface area contributed by atoms with Crippen molar-refractivity contribution in [1.82, 2.24) is 5.16 Å². The Morgan fingerprint density at radius 2 is 1.94 bits per heavy atom. The first-order valence-electron chi connectivity index (χ1n) is 4.58. The van der Waals surface area contributed by atoms with E-state index in [1.54, 1.807) is 25.1 Å². The second-order valence-corrected chi connectivity index (χ2v) is 4.91. The first-order chi connectivity index (χ1) is 7.59. The summed E-state index contributed by atoms with van der Waals surface area (Å²) in [6.07, 6.45) is 1.26. The smallest absolute Gasteiger partial charge is 0.262 e. The first-order valence-corrected chi connectivity index (χ1v) is 6.07. The lowest BCUT2D eigenvalue weighted by Crippen LogP contribution is -2.12. The monoisotopic (exact) mass is 238 g/mol. The molecule has 2 aromatic rings.